The van der Waals surface area contributed by atoms with E-state index in [0.29, 0.717) is 17.0 Å². The number of hydrogen-bond donors (Lipinski definition) is 0. The number of carbonyl (C=O) groups excluding carboxylic acids is 1. The van der Waals surface area contributed by atoms with E-state index >= 15 is 0 Å². The predicted molar refractivity (Wildman–Crippen MR) is 90.2 cm³/mol. The summed E-state index contributed by atoms with van der Waals surface area (Å²) in [5, 5.41) is 10.3. The molecule has 3 aromatic rings. The van der Waals surface area contributed by atoms with Crippen LogP contribution < -0.4 is 0 Å². The van der Waals surface area contributed by atoms with Crippen LogP contribution in [-0.4, -0.2) is 57.8 Å². The van der Waals surface area contributed by atoms with E-state index in [-0.39, 0.29) is 24.7 Å². The number of furan rings is 1. The Morgan fingerprint density at radius 3 is 2.77 bits per heavy atom. The van der Waals surface area contributed by atoms with Crippen LogP contribution in [0.2, 0.25) is 0 Å². The van der Waals surface area contributed by atoms with E-state index in [2.05, 4.69) is 15.5 Å². The molecule has 9 nitrogen and oxygen atoms in total. The molecule has 26 heavy (non-hydrogen) atoms. The lowest BCUT2D eigenvalue weighted by Gasteiger charge is -2.38. The number of aromatic nitrogens is 4. The van der Waals surface area contributed by atoms with Gasteiger partial charge in [0.15, 0.2) is 9.84 Å². The van der Waals surface area contributed by atoms with E-state index in [1.807, 2.05) is 0 Å². The third-order valence-electron chi connectivity index (χ3n) is 4.27. The average Bonchev–Trinajstić information content (AvgIpc) is 3.26. The molecule has 134 valence electrons. The number of sulfone groups is 1. The molecule has 1 aliphatic rings. The molecule has 1 amide bonds. The molecule has 1 aliphatic heterocycles. The number of benzene rings is 1. The number of nitrogens with zero attached hydrogens (tertiary/aromatic N) is 5. The summed E-state index contributed by atoms with van der Waals surface area (Å²) >= 11 is 0. The highest BCUT2D eigenvalue weighted by molar-refractivity contribution is 7.91. The monoisotopic (exact) mass is 373 g/mol. The topological polar surface area (TPSA) is 111 Å². The Kier molecular flexibility index (Phi) is 4.03. The van der Waals surface area contributed by atoms with Crippen LogP contribution in [0.15, 0.2) is 53.4 Å². The molecule has 0 spiro atoms. The van der Waals surface area contributed by atoms with E-state index in [9.17, 15) is 13.2 Å². The van der Waals surface area contributed by atoms with E-state index in [0.717, 1.165) is 0 Å². The molecule has 4 rings (SSSR count). The molecule has 0 saturated carbocycles. The fraction of sp³-hybridized carbons (Fsp3) is 0.250. The zero-order valence-electron chi connectivity index (χ0n) is 13.6. The van der Waals surface area contributed by atoms with Gasteiger partial charge in [-0.25, -0.2) is 13.1 Å². The summed E-state index contributed by atoms with van der Waals surface area (Å²) in [7, 11) is -3.36. The Morgan fingerprint density at radius 2 is 2.08 bits per heavy atom. The van der Waals surface area contributed by atoms with Gasteiger partial charge in [-0.1, -0.05) is 6.07 Å². The van der Waals surface area contributed by atoms with E-state index in [4.69, 9.17) is 4.42 Å². The van der Waals surface area contributed by atoms with E-state index in [1.54, 1.807) is 36.4 Å². The molecule has 3 heterocycles. The Morgan fingerprint density at radius 1 is 1.23 bits per heavy atom. The second-order valence-electron chi connectivity index (χ2n) is 6.02. The van der Waals surface area contributed by atoms with Gasteiger partial charge >= 0.3 is 0 Å². The van der Waals surface area contributed by atoms with Crippen molar-refractivity contribution in [2.75, 3.05) is 13.1 Å². The molecule has 10 heteroatoms. The fourth-order valence-corrected chi connectivity index (χ4v) is 4.40. The van der Waals surface area contributed by atoms with Crippen LogP contribution in [0.1, 0.15) is 16.1 Å². The van der Waals surface area contributed by atoms with Crippen LogP contribution in [0.25, 0.3) is 5.69 Å². The third kappa shape index (κ3) is 3.10. The molecule has 2 aromatic heterocycles. The molecule has 0 radical (unpaired) electrons. The summed E-state index contributed by atoms with van der Waals surface area (Å²) in [4.78, 5) is 14.1. The summed E-state index contributed by atoms with van der Waals surface area (Å²) in [5.41, 5.74) is 1.11. The maximum atomic E-state index is 12.6. The van der Waals surface area contributed by atoms with E-state index < -0.39 is 15.1 Å². The van der Waals surface area contributed by atoms with Gasteiger partial charge in [-0.15, -0.1) is 5.10 Å². The quantitative estimate of drug-likeness (QED) is 0.647. The largest absolute Gasteiger partial charge is 0.468 e. The number of amides is 1. The minimum absolute atomic E-state index is 0.151. The molecule has 0 bridgehead atoms. The average molecular weight is 373 g/mol. The van der Waals surface area contributed by atoms with Crippen LogP contribution >= 0.6 is 0 Å². The van der Waals surface area contributed by atoms with Crippen molar-refractivity contribution in [2.45, 2.75) is 11.0 Å². The zero-order valence-corrected chi connectivity index (χ0v) is 14.4. The molecule has 0 atom stereocenters. The van der Waals surface area contributed by atoms with Gasteiger partial charge in [0.25, 0.3) is 5.91 Å². The Bertz CT molecular complexity index is 1010. The molecule has 0 aliphatic carbocycles. The van der Waals surface area contributed by atoms with Crippen LogP contribution in [-0.2, 0) is 15.6 Å². The zero-order chi connectivity index (χ0) is 18.1. The van der Waals surface area contributed by atoms with Gasteiger partial charge in [0, 0.05) is 18.7 Å². The van der Waals surface area contributed by atoms with Gasteiger partial charge in [0.05, 0.1) is 17.2 Å². The first-order chi connectivity index (χ1) is 12.5. The van der Waals surface area contributed by atoms with Gasteiger partial charge in [0.2, 0.25) is 0 Å². The van der Waals surface area contributed by atoms with Gasteiger partial charge < -0.3 is 9.32 Å². The third-order valence-corrected chi connectivity index (χ3v) is 6.27. The Hall–Kier alpha value is -3.01. The number of hydrogen-bond acceptors (Lipinski definition) is 7. The smallest absolute Gasteiger partial charge is 0.254 e. The standard InChI is InChI=1S/C16H15N5O4S/c22-16(12-3-1-4-13(7-12)21-11-17-18-19-21)20-8-15(9-20)26(23,24)10-14-5-2-6-25-14/h1-7,11,15H,8-10H2. The lowest BCUT2D eigenvalue weighted by atomic mass is 10.1. The van der Waals surface area contributed by atoms with Crippen LogP contribution in [0.5, 0.6) is 0 Å². The van der Waals surface area contributed by atoms with Crippen molar-refractivity contribution in [1.82, 2.24) is 25.1 Å². The SMILES string of the molecule is O=C(c1cccc(-n2cnnn2)c1)N1CC(S(=O)(=O)Cc2ccco2)C1. The van der Waals surface area contributed by atoms with Crippen molar-refractivity contribution in [3.05, 3.63) is 60.3 Å². The maximum absolute atomic E-state index is 12.6. The highest BCUT2D eigenvalue weighted by atomic mass is 32.2. The first-order valence-corrected chi connectivity index (χ1v) is 9.61. The van der Waals surface area contributed by atoms with Crippen molar-refractivity contribution in [2.24, 2.45) is 0 Å². The second-order valence-corrected chi connectivity index (χ2v) is 8.30. The van der Waals surface area contributed by atoms with Crippen molar-refractivity contribution < 1.29 is 17.6 Å². The lowest BCUT2D eigenvalue weighted by molar-refractivity contribution is 0.0658. The molecule has 1 saturated heterocycles. The van der Waals surface area contributed by atoms with Crippen LogP contribution in [0.3, 0.4) is 0 Å². The lowest BCUT2D eigenvalue weighted by Crippen LogP contribution is -2.57. The molecule has 0 N–H and O–H groups in total. The molecule has 0 unspecified atom stereocenters. The molecular weight excluding hydrogens is 358 g/mol. The Balaban J connectivity index is 1.43. The van der Waals surface area contributed by atoms with Crippen molar-refractivity contribution in [3.8, 4) is 5.69 Å². The molecule has 1 fully saturated rings. The summed E-state index contributed by atoms with van der Waals surface area (Å²) < 4.78 is 31.3. The van der Waals surface area contributed by atoms with Gasteiger partial charge in [-0.05, 0) is 40.8 Å². The summed E-state index contributed by atoms with van der Waals surface area (Å²) in [5.74, 6) is 0.0369. The van der Waals surface area contributed by atoms with Crippen LogP contribution in [0, 0.1) is 0 Å². The first-order valence-electron chi connectivity index (χ1n) is 7.89. The molecule has 1 aromatic carbocycles. The van der Waals surface area contributed by atoms with Gasteiger partial charge in [-0.3, -0.25) is 4.79 Å². The van der Waals surface area contributed by atoms with Gasteiger partial charge in [0.1, 0.15) is 17.8 Å². The van der Waals surface area contributed by atoms with E-state index in [1.165, 1.54) is 22.2 Å². The number of carbonyl (C=O) groups is 1. The van der Waals surface area contributed by atoms with Gasteiger partial charge in [-0.2, -0.15) is 0 Å². The summed E-state index contributed by atoms with van der Waals surface area (Å²) in [6.45, 7) is 0.355. The minimum atomic E-state index is -3.36. The van der Waals surface area contributed by atoms with Crippen molar-refractivity contribution in [1.29, 1.82) is 0 Å². The number of likely N-dealkylation sites (tertiary alicyclic amines) is 1. The highest BCUT2D eigenvalue weighted by Crippen LogP contribution is 2.23. The highest BCUT2D eigenvalue weighted by Gasteiger charge is 2.40. The number of tetrazole rings is 1. The Labute approximate surface area is 149 Å². The van der Waals surface area contributed by atoms with Crippen molar-refractivity contribution in [3.63, 3.8) is 0 Å². The summed E-state index contributed by atoms with van der Waals surface area (Å²) in [6.07, 6.45) is 2.88. The van der Waals surface area contributed by atoms with Crippen molar-refractivity contribution >= 4 is 15.7 Å². The normalized spacial score (nSPS) is 15.0. The van der Waals surface area contributed by atoms with Crippen LogP contribution in [0.4, 0.5) is 0 Å². The molecular formula is C16H15N5O4S. The number of rotatable bonds is 5. The fourth-order valence-electron chi connectivity index (χ4n) is 2.79. The predicted octanol–water partition coefficient (Wildman–Crippen LogP) is 0.695. The second kappa shape index (κ2) is 6.37. The summed E-state index contributed by atoms with van der Waals surface area (Å²) in [6, 6.07) is 10.1. The first kappa shape index (κ1) is 16.5. The minimum Gasteiger partial charge on any atom is -0.468 e. The maximum Gasteiger partial charge on any atom is 0.254 e.